The highest BCUT2D eigenvalue weighted by Gasteiger charge is 2.22. The number of nitrogens with zero attached hydrogens (tertiary/aromatic N) is 4. The van der Waals surface area contributed by atoms with Gasteiger partial charge in [-0.2, -0.15) is 0 Å². The Bertz CT molecular complexity index is 914. The number of morpholine rings is 1. The third kappa shape index (κ3) is 7.00. The number of hydrogen-bond acceptors (Lipinski definition) is 4. The van der Waals surface area contributed by atoms with Crippen LogP contribution in [0.25, 0.3) is 0 Å². The van der Waals surface area contributed by atoms with Gasteiger partial charge in [0.2, 0.25) is 0 Å². The number of aliphatic imine (C=N–C) groups is 1. The van der Waals surface area contributed by atoms with Gasteiger partial charge in [-0.1, -0.05) is 24.3 Å². The van der Waals surface area contributed by atoms with Crippen LogP contribution in [0.1, 0.15) is 11.1 Å². The maximum atomic E-state index is 14.1. The van der Waals surface area contributed by atoms with Gasteiger partial charge >= 0.3 is 0 Å². The summed E-state index contributed by atoms with van der Waals surface area (Å²) in [5.74, 6) is 0.0125. The summed E-state index contributed by atoms with van der Waals surface area (Å²) in [7, 11) is 1.77. The van der Waals surface area contributed by atoms with Crippen molar-refractivity contribution in [1.82, 2.24) is 15.1 Å². The van der Waals surface area contributed by atoms with E-state index < -0.39 is 5.82 Å². The van der Waals surface area contributed by atoms with Crippen molar-refractivity contribution in [1.29, 1.82) is 0 Å². The Balaban J connectivity index is 0.00000306. The van der Waals surface area contributed by atoms with Crippen molar-refractivity contribution in [3.8, 4) is 0 Å². The Morgan fingerprint density at radius 1 is 0.939 bits per heavy atom. The van der Waals surface area contributed by atoms with E-state index in [1.165, 1.54) is 23.3 Å². The van der Waals surface area contributed by atoms with Gasteiger partial charge in [-0.05, 0) is 23.3 Å². The molecule has 0 amide bonds. The van der Waals surface area contributed by atoms with Gasteiger partial charge in [-0.3, -0.25) is 9.89 Å². The van der Waals surface area contributed by atoms with E-state index in [2.05, 4.69) is 44.4 Å². The number of piperazine rings is 1. The maximum absolute atomic E-state index is 14.1. The van der Waals surface area contributed by atoms with Gasteiger partial charge in [0.15, 0.2) is 5.96 Å². The standard InChI is InChI=1S/C24H31F2N5O.HI/c1-27-24(31-10-8-30(9-11-31)23-16-21(25)6-7-22(23)26)28-17-19-2-4-20(5-3-19)18-29-12-14-32-15-13-29;/h2-7,16H,8-15,17-18H2,1H3,(H,27,28);1H. The zero-order chi connectivity index (χ0) is 22.3. The minimum Gasteiger partial charge on any atom is -0.379 e. The SMILES string of the molecule is CN=C(NCc1ccc(CN2CCOCC2)cc1)N1CCN(c2cc(F)ccc2F)CC1.I. The smallest absolute Gasteiger partial charge is 0.194 e. The summed E-state index contributed by atoms with van der Waals surface area (Å²) < 4.78 is 33.0. The Morgan fingerprint density at radius 3 is 2.27 bits per heavy atom. The topological polar surface area (TPSA) is 43.3 Å². The number of hydrogen-bond donors (Lipinski definition) is 1. The first-order valence-electron chi connectivity index (χ1n) is 11.2. The fourth-order valence-corrected chi connectivity index (χ4v) is 4.18. The molecular weight excluding hydrogens is 539 g/mol. The van der Waals surface area contributed by atoms with Crippen LogP contribution in [0.4, 0.5) is 14.5 Å². The summed E-state index contributed by atoms with van der Waals surface area (Å²) in [5.41, 5.74) is 2.82. The van der Waals surface area contributed by atoms with Gasteiger partial charge < -0.3 is 19.9 Å². The van der Waals surface area contributed by atoms with Crippen LogP contribution in [0.5, 0.6) is 0 Å². The Morgan fingerprint density at radius 2 is 1.61 bits per heavy atom. The van der Waals surface area contributed by atoms with Crippen molar-refractivity contribution in [2.45, 2.75) is 13.1 Å². The third-order valence-corrected chi connectivity index (χ3v) is 6.02. The molecule has 33 heavy (non-hydrogen) atoms. The number of nitrogens with one attached hydrogen (secondary N) is 1. The predicted octanol–water partition coefficient (Wildman–Crippen LogP) is 3.31. The first-order chi connectivity index (χ1) is 15.6. The Hall–Kier alpha value is -1.98. The molecule has 9 heteroatoms. The molecule has 0 aliphatic carbocycles. The second kappa shape index (κ2) is 12.5. The third-order valence-electron chi connectivity index (χ3n) is 6.02. The lowest BCUT2D eigenvalue weighted by molar-refractivity contribution is 0.0342. The largest absolute Gasteiger partial charge is 0.379 e. The fraction of sp³-hybridized carbons (Fsp3) is 0.458. The van der Waals surface area contributed by atoms with Crippen molar-refractivity contribution >= 4 is 35.6 Å². The van der Waals surface area contributed by atoms with Gasteiger partial charge in [0.25, 0.3) is 0 Å². The molecule has 2 aromatic carbocycles. The van der Waals surface area contributed by atoms with Crippen LogP contribution < -0.4 is 10.2 Å². The number of benzene rings is 2. The van der Waals surface area contributed by atoms with E-state index in [0.29, 0.717) is 38.4 Å². The van der Waals surface area contributed by atoms with Crippen LogP contribution >= 0.6 is 24.0 Å². The number of rotatable bonds is 5. The molecule has 0 saturated carbocycles. The molecular formula is C24H32F2IN5O. The molecule has 6 nitrogen and oxygen atoms in total. The molecule has 0 unspecified atom stereocenters. The lowest BCUT2D eigenvalue weighted by Gasteiger charge is -2.37. The van der Waals surface area contributed by atoms with Crippen LogP contribution in [0, 0.1) is 11.6 Å². The van der Waals surface area contributed by atoms with E-state index in [-0.39, 0.29) is 29.8 Å². The maximum Gasteiger partial charge on any atom is 0.194 e. The second-order valence-electron chi connectivity index (χ2n) is 8.18. The van der Waals surface area contributed by atoms with Crippen LogP contribution in [0.2, 0.25) is 0 Å². The summed E-state index contributed by atoms with van der Waals surface area (Å²) >= 11 is 0. The molecule has 1 N–H and O–H groups in total. The molecule has 0 atom stereocenters. The van der Waals surface area contributed by atoms with Crippen LogP contribution in [0.15, 0.2) is 47.5 Å². The Kier molecular flexibility index (Phi) is 9.69. The molecule has 2 fully saturated rings. The zero-order valence-corrected chi connectivity index (χ0v) is 21.3. The van der Waals surface area contributed by atoms with E-state index >= 15 is 0 Å². The van der Waals surface area contributed by atoms with Crippen molar-refractivity contribution in [3.05, 3.63) is 65.2 Å². The van der Waals surface area contributed by atoms with Crippen LogP contribution in [-0.2, 0) is 17.8 Å². The highest BCUT2D eigenvalue weighted by molar-refractivity contribution is 14.0. The molecule has 2 aliphatic heterocycles. The average Bonchev–Trinajstić information content (AvgIpc) is 2.83. The number of guanidine groups is 1. The number of anilines is 1. The monoisotopic (exact) mass is 571 g/mol. The molecule has 2 saturated heterocycles. The van der Waals surface area contributed by atoms with E-state index in [4.69, 9.17) is 4.74 Å². The van der Waals surface area contributed by atoms with Crippen molar-refractivity contribution in [3.63, 3.8) is 0 Å². The number of halogens is 3. The molecule has 0 spiro atoms. The normalized spacial score (nSPS) is 17.6. The molecule has 2 aliphatic rings. The molecule has 0 radical (unpaired) electrons. The summed E-state index contributed by atoms with van der Waals surface area (Å²) in [5, 5.41) is 3.43. The first kappa shape index (κ1) is 25.6. The van der Waals surface area contributed by atoms with Gasteiger partial charge in [-0.25, -0.2) is 8.78 Å². The van der Waals surface area contributed by atoms with Crippen molar-refractivity contribution in [2.24, 2.45) is 4.99 Å². The quantitative estimate of drug-likeness (QED) is 0.339. The minimum atomic E-state index is -0.419. The molecule has 2 heterocycles. The van der Waals surface area contributed by atoms with Crippen molar-refractivity contribution < 1.29 is 13.5 Å². The summed E-state index contributed by atoms with van der Waals surface area (Å²) in [6, 6.07) is 12.3. The molecule has 0 aromatic heterocycles. The average molecular weight is 571 g/mol. The fourth-order valence-electron chi connectivity index (χ4n) is 4.18. The van der Waals surface area contributed by atoms with Gasteiger partial charge in [-0.15, -0.1) is 24.0 Å². The zero-order valence-electron chi connectivity index (χ0n) is 19.0. The van der Waals surface area contributed by atoms with Gasteiger partial charge in [0.05, 0.1) is 18.9 Å². The van der Waals surface area contributed by atoms with Gasteiger partial charge in [0, 0.05) is 65.5 Å². The minimum absolute atomic E-state index is 0. The molecule has 4 rings (SSSR count). The van der Waals surface area contributed by atoms with E-state index in [1.54, 1.807) is 7.05 Å². The lowest BCUT2D eigenvalue weighted by atomic mass is 10.1. The predicted molar refractivity (Wildman–Crippen MR) is 138 cm³/mol. The summed E-state index contributed by atoms with van der Waals surface area (Å²) in [6.45, 7) is 7.83. The second-order valence-corrected chi connectivity index (χ2v) is 8.18. The highest BCUT2D eigenvalue weighted by atomic mass is 127. The number of ether oxygens (including phenoxy) is 1. The van der Waals surface area contributed by atoms with Crippen molar-refractivity contribution in [2.75, 3.05) is 64.4 Å². The van der Waals surface area contributed by atoms with E-state index in [9.17, 15) is 8.78 Å². The lowest BCUT2D eigenvalue weighted by Crippen LogP contribution is -2.52. The molecule has 180 valence electrons. The molecule has 0 bridgehead atoms. The van der Waals surface area contributed by atoms with Crippen LogP contribution in [-0.4, -0.2) is 75.3 Å². The summed E-state index contributed by atoms with van der Waals surface area (Å²) in [4.78, 5) is 10.9. The highest BCUT2D eigenvalue weighted by Crippen LogP contribution is 2.22. The summed E-state index contributed by atoms with van der Waals surface area (Å²) in [6.07, 6.45) is 0. The van der Waals surface area contributed by atoms with E-state index in [0.717, 1.165) is 44.9 Å². The van der Waals surface area contributed by atoms with E-state index in [1.807, 2.05) is 4.90 Å². The van der Waals surface area contributed by atoms with Gasteiger partial charge in [0.1, 0.15) is 11.6 Å². The Labute approximate surface area is 211 Å². The molecule has 2 aromatic rings. The van der Waals surface area contributed by atoms with Crippen LogP contribution in [0.3, 0.4) is 0 Å². The first-order valence-corrected chi connectivity index (χ1v) is 11.2.